The molecule has 0 amide bonds. The number of allylic oxidation sites excluding steroid dienone is 1. The molecule has 0 spiro atoms. The van der Waals surface area contributed by atoms with Gasteiger partial charge in [0.05, 0.1) is 12.2 Å². The van der Waals surface area contributed by atoms with Crippen LogP contribution in [0.15, 0.2) is 11.3 Å². The third-order valence-corrected chi connectivity index (χ3v) is 9.46. The zero-order valence-electron chi connectivity index (χ0n) is 18.1. The largest absolute Gasteiger partial charge is 0.504 e. The minimum atomic E-state index is -0.690. The van der Waals surface area contributed by atoms with Crippen molar-refractivity contribution in [3.8, 4) is 0 Å². The molecule has 5 heteroatoms. The fourth-order valence-electron chi connectivity index (χ4n) is 7.79. The van der Waals surface area contributed by atoms with Gasteiger partial charge in [0.15, 0.2) is 11.5 Å². The van der Waals surface area contributed by atoms with Gasteiger partial charge in [-0.1, -0.05) is 13.8 Å². The van der Waals surface area contributed by atoms with E-state index in [1.807, 2.05) is 0 Å². The normalized spacial score (nSPS) is 44.1. The summed E-state index contributed by atoms with van der Waals surface area (Å²) in [5.41, 5.74) is 0.144. The summed E-state index contributed by atoms with van der Waals surface area (Å²) in [6, 6.07) is 0. The molecule has 0 aromatic heterocycles. The van der Waals surface area contributed by atoms with Crippen molar-refractivity contribution in [1.82, 2.24) is 0 Å². The van der Waals surface area contributed by atoms with Crippen molar-refractivity contribution < 1.29 is 24.5 Å². The smallest absolute Gasteiger partial charge is 0.302 e. The van der Waals surface area contributed by atoms with E-state index in [4.69, 9.17) is 4.74 Å². The van der Waals surface area contributed by atoms with Gasteiger partial charge in [-0.15, -0.1) is 0 Å². The molecule has 5 nitrogen and oxygen atoms in total. The first-order valence-corrected chi connectivity index (χ1v) is 11.4. The van der Waals surface area contributed by atoms with Gasteiger partial charge < -0.3 is 14.9 Å². The van der Waals surface area contributed by atoms with Gasteiger partial charge in [-0.2, -0.15) is 0 Å². The summed E-state index contributed by atoms with van der Waals surface area (Å²) in [5, 5.41) is 22.1. The number of carbonyl (C=O) groups excluding carboxylic acids is 2. The zero-order valence-corrected chi connectivity index (χ0v) is 18.1. The van der Waals surface area contributed by atoms with E-state index < -0.39 is 5.60 Å². The van der Waals surface area contributed by atoms with Crippen LogP contribution in [0.3, 0.4) is 0 Å². The topological polar surface area (TPSA) is 83.8 Å². The van der Waals surface area contributed by atoms with Gasteiger partial charge in [0.25, 0.3) is 0 Å². The molecular formula is C24H36O5. The summed E-state index contributed by atoms with van der Waals surface area (Å²) in [4.78, 5) is 23.1. The predicted octanol–water partition coefficient (Wildman–Crippen LogP) is 4.48. The number of Topliss-reactive ketones (excluding diaryl/α,β-unsaturated/α-hetero) is 1. The summed E-state index contributed by atoms with van der Waals surface area (Å²) >= 11 is 0. The van der Waals surface area contributed by atoms with Gasteiger partial charge in [0.1, 0.15) is 0 Å². The Morgan fingerprint density at radius 2 is 1.83 bits per heavy atom. The van der Waals surface area contributed by atoms with E-state index in [1.165, 1.54) is 6.92 Å². The molecule has 29 heavy (non-hydrogen) atoms. The first-order valence-electron chi connectivity index (χ1n) is 11.4. The second-order valence-electron chi connectivity index (χ2n) is 10.6. The Morgan fingerprint density at radius 1 is 1.10 bits per heavy atom. The van der Waals surface area contributed by atoms with Gasteiger partial charge >= 0.3 is 5.97 Å². The summed E-state index contributed by atoms with van der Waals surface area (Å²) in [5.74, 6) is 1.23. The zero-order chi connectivity index (χ0) is 21.0. The average Bonchev–Trinajstić information content (AvgIpc) is 2.94. The first kappa shape index (κ1) is 20.9. The van der Waals surface area contributed by atoms with Gasteiger partial charge in [-0.3, -0.25) is 9.59 Å². The van der Waals surface area contributed by atoms with Crippen LogP contribution >= 0.6 is 0 Å². The van der Waals surface area contributed by atoms with Crippen LogP contribution in [0.2, 0.25) is 0 Å². The predicted molar refractivity (Wildman–Crippen MR) is 109 cm³/mol. The molecule has 3 saturated carbocycles. The van der Waals surface area contributed by atoms with E-state index in [0.717, 1.165) is 50.5 Å². The molecule has 0 unspecified atom stereocenters. The number of hydrogen-bond donors (Lipinski definition) is 2. The van der Waals surface area contributed by atoms with E-state index in [0.29, 0.717) is 43.6 Å². The maximum atomic E-state index is 12.1. The molecule has 6 atom stereocenters. The quantitative estimate of drug-likeness (QED) is 0.533. The van der Waals surface area contributed by atoms with Crippen LogP contribution in [-0.2, 0) is 14.3 Å². The van der Waals surface area contributed by atoms with Gasteiger partial charge in [-0.05, 0) is 91.9 Å². The number of fused-ring (bicyclic) bond motifs is 5. The molecule has 4 rings (SSSR count). The van der Waals surface area contributed by atoms with Gasteiger partial charge in [0.2, 0.25) is 0 Å². The van der Waals surface area contributed by atoms with Crippen molar-refractivity contribution in [2.24, 2.45) is 28.6 Å². The summed E-state index contributed by atoms with van der Waals surface area (Å²) in [6.07, 6.45) is 8.41. The molecule has 0 aromatic rings. The van der Waals surface area contributed by atoms with Crippen LogP contribution in [0, 0.1) is 28.6 Å². The van der Waals surface area contributed by atoms with E-state index in [9.17, 15) is 19.8 Å². The first-order chi connectivity index (χ1) is 13.6. The summed E-state index contributed by atoms with van der Waals surface area (Å²) < 4.78 is 5.09. The lowest BCUT2D eigenvalue weighted by Crippen LogP contribution is -2.55. The van der Waals surface area contributed by atoms with Gasteiger partial charge in [-0.25, -0.2) is 0 Å². The molecule has 162 valence electrons. The Labute approximate surface area is 173 Å². The van der Waals surface area contributed by atoms with Crippen LogP contribution in [0.5, 0.6) is 0 Å². The number of aliphatic hydroxyl groups is 2. The minimum Gasteiger partial charge on any atom is -0.504 e. The molecule has 2 N–H and O–H groups in total. The van der Waals surface area contributed by atoms with Crippen LogP contribution in [0.1, 0.15) is 85.0 Å². The van der Waals surface area contributed by atoms with Crippen molar-refractivity contribution in [1.29, 1.82) is 0 Å². The lowest BCUT2D eigenvalue weighted by molar-refractivity contribution is -0.145. The van der Waals surface area contributed by atoms with E-state index in [-0.39, 0.29) is 28.3 Å². The molecule has 0 saturated heterocycles. The maximum Gasteiger partial charge on any atom is 0.302 e. The second kappa shape index (κ2) is 7.11. The molecular weight excluding hydrogens is 368 g/mol. The minimum absolute atomic E-state index is 0.0546. The fraction of sp³-hybridized carbons (Fsp3) is 0.833. The SMILES string of the molecule is CC(=O)OCCC[C@]1(O)CC[C@H]2[C@@H]3CCC4=C(O)C(=O)CC[C@]4(C)[C@H]3CC[C@@]21C. The van der Waals surface area contributed by atoms with Crippen LogP contribution in [0.25, 0.3) is 0 Å². The Bertz CT molecular complexity index is 742. The van der Waals surface area contributed by atoms with Crippen LogP contribution in [0.4, 0.5) is 0 Å². The van der Waals surface area contributed by atoms with Crippen molar-refractivity contribution >= 4 is 11.8 Å². The number of ether oxygens (including phenoxy) is 1. The van der Waals surface area contributed by atoms with Crippen molar-refractivity contribution in [3.63, 3.8) is 0 Å². The number of carbonyl (C=O) groups is 2. The number of aliphatic hydroxyl groups excluding tert-OH is 1. The van der Waals surface area contributed by atoms with Crippen molar-refractivity contribution in [3.05, 3.63) is 11.3 Å². The maximum absolute atomic E-state index is 12.1. The Balaban J connectivity index is 1.54. The highest BCUT2D eigenvalue weighted by atomic mass is 16.5. The Morgan fingerprint density at radius 3 is 2.55 bits per heavy atom. The molecule has 4 aliphatic carbocycles. The van der Waals surface area contributed by atoms with Crippen LogP contribution in [-0.4, -0.2) is 34.2 Å². The monoisotopic (exact) mass is 404 g/mol. The summed E-state index contributed by atoms with van der Waals surface area (Å²) in [7, 11) is 0. The van der Waals surface area contributed by atoms with Gasteiger partial charge in [0, 0.05) is 13.3 Å². The molecule has 4 aliphatic rings. The Hall–Kier alpha value is -1.36. The highest BCUT2D eigenvalue weighted by molar-refractivity contribution is 5.95. The number of hydrogen-bond acceptors (Lipinski definition) is 5. The standard InChI is InChI=1S/C24H36O5/c1-15(25)29-14-4-10-24(28)13-8-18-16-5-6-19-21(27)20(26)9-11-22(19,2)17(16)7-12-23(18,24)3/h16-18,27-28H,4-14H2,1-3H3/t16-,17+,18+,22-,23+,24+/m1/s1. The van der Waals surface area contributed by atoms with E-state index in [1.54, 1.807) is 0 Å². The number of rotatable bonds is 4. The molecule has 0 radical (unpaired) electrons. The second-order valence-corrected chi connectivity index (χ2v) is 10.6. The third-order valence-electron chi connectivity index (χ3n) is 9.46. The molecule has 0 bridgehead atoms. The molecule has 0 heterocycles. The summed E-state index contributed by atoms with van der Waals surface area (Å²) in [6.45, 7) is 6.35. The average molecular weight is 405 g/mol. The molecule has 0 aliphatic heterocycles. The third kappa shape index (κ3) is 3.07. The molecule has 3 fully saturated rings. The Kier molecular flexibility index (Phi) is 5.12. The fourth-order valence-corrected chi connectivity index (χ4v) is 7.79. The highest BCUT2D eigenvalue weighted by Gasteiger charge is 2.63. The van der Waals surface area contributed by atoms with Crippen LogP contribution < -0.4 is 0 Å². The number of ketones is 1. The van der Waals surface area contributed by atoms with E-state index >= 15 is 0 Å². The number of esters is 1. The van der Waals surface area contributed by atoms with Crippen molar-refractivity contribution in [2.45, 2.75) is 90.6 Å². The highest BCUT2D eigenvalue weighted by Crippen LogP contribution is 2.68. The lowest BCUT2D eigenvalue weighted by Gasteiger charge is -2.59. The van der Waals surface area contributed by atoms with E-state index in [2.05, 4.69) is 13.8 Å². The molecule has 0 aromatic carbocycles. The van der Waals surface area contributed by atoms with Crippen molar-refractivity contribution in [2.75, 3.05) is 6.61 Å². The lowest BCUT2D eigenvalue weighted by atomic mass is 9.46.